The number of hydrogen-bond acceptors (Lipinski definition) is 4. The van der Waals surface area contributed by atoms with Gasteiger partial charge in [-0.1, -0.05) is 48.5 Å². The van der Waals surface area contributed by atoms with E-state index >= 15 is 0 Å². The molecule has 4 heteroatoms. The highest BCUT2D eigenvalue weighted by Crippen LogP contribution is 2.21. The molecule has 0 aliphatic heterocycles. The van der Waals surface area contributed by atoms with Gasteiger partial charge in [0.2, 0.25) is 0 Å². The highest BCUT2D eigenvalue weighted by molar-refractivity contribution is 6.06. The number of nitrogens with two attached hydrogens (primary N) is 1. The number of carbonyl (C=O) groups is 2. The monoisotopic (exact) mass is 339 g/mol. The Morgan fingerprint density at radius 2 is 1.56 bits per heavy atom. The molecule has 0 aromatic heterocycles. The number of ketones is 1. The van der Waals surface area contributed by atoms with Gasteiger partial charge < -0.3 is 10.5 Å². The Hall–Kier alpha value is -2.46. The van der Waals surface area contributed by atoms with Crippen molar-refractivity contribution >= 4 is 11.8 Å². The normalized spacial score (nSPS) is 11.2. The summed E-state index contributed by atoms with van der Waals surface area (Å²) in [6.45, 7) is 4.19. The van der Waals surface area contributed by atoms with Crippen LogP contribution in [0.1, 0.15) is 53.0 Å². The van der Waals surface area contributed by atoms with Crippen LogP contribution in [0.5, 0.6) is 0 Å². The predicted octanol–water partition coefficient (Wildman–Crippen LogP) is 3.79. The molecule has 0 fully saturated rings. The van der Waals surface area contributed by atoms with Gasteiger partial charge in [0.25, 0.3) is 0 Å². The van der Waals surface area contributed by atoms with E-state index in [2.05, 4.69) is 0 Å². The van der Waals surface area contributed by atoms with Crippen molar-refractivity contribution in [1.82, 2.24) is 0 Å². The minimum absolute atomic E-state index is 0.0844. The van der Waals surface area contributed by atoms with Crippen LogP contribution in [-0.2, 0) is 11.2 Å². The molecule has 0 unspecified atom stereocenters. The Morgan fingerprint density at radius 3 is 2.20 bits per heavy atom. The molecule has 0 amide bonds. The maximum absolute atomic E-state index is 12.7. The highest BCUT2D eigenvalue weighted by atomic mass is 16.6. The minimum Gasteiger partial charge on any atom is -0.456 e. The van der Waals surface area contributed by atoms with Crippen LogP contribution in [0.3, 0.4) is 0 Å². The molecule has 0 atom stereocenters. The fraction of sp³-hybridized carbons (Fsp3) is 0.333. The molecular weight excluding hydrogens is 314 g/mol. The Morgan fingerprint density at radius 1 is 0.960 bits per heavy atom. The van der Waals surface area contributed by atoms with Gasteiger partial charge in [0.15, 0.2) is 5.78 Å². The lowest BCUT2D eigenvalue weighted by atomic mass is 9.97. The lowest BCUT2D eigenvalue weighted by Gasteiger charge is -2.25. The van der Waals surface area contributed by atoms with E-state index in [0.717, 1.165) is 5.56 Å². The largest absolute Gasteiger partial charge is 0.456 e. The zero-order valence-corrected chi connectivity index (χ0v) is 14.8. The summed E-state index contributed by atoms with van der Waals surface area (Å²) in [4.78, 5) is 25.0. The van der Waals surface area contributed by atoms with E-state index in [1.807, 2.05) is 44.2 Å². The maximum Gasteiger partial charge on any atom is 0.339 e. The number of carbonyl (C=O) groups excluding carboxylic acids is 2. The molecule has 0 heterocycles. The molecule has 4 nitrogen and oxygen atoms in total. The molecule has 0 aliphatic rings. The first-order chi connectivity index (χ1) is 11.9. The number of hydrogen-bond donors (Lipinski definition) is 1. The lowest BCUT2D eigenvalue weighted by Crippen LogP contribution is -2.31. The van der Waals surface area contributed by atoms with Crippen LogP contribution in [0.2, 0.25) is 0 Å². The standard InChI is InChI=1S/C21H25NO3/c1-21(2,15-16-9-4-3-5-10-16)25-20(24)18-12-7-6-11-17(18)19(23)13-8-14-22/h3-7,9-12H,8,13-15,22H2,1-2H3. The summed E-state index contributed by atoms with van der Waals surface area (Å²) in [6.07, 6.45) is 1.53. The van der Waals surface area contributed by atoms with E-state index in [1.54, 1.807) is 24.3 Å². The summed E-state index contributed by atoms with van der Waals surface area (Å²) in [5.41, 5.74) is 6.59. The maximum atomic E-state index is 12.7. The van der Waals surface area contributed by atoms with Gasteiger partial charge in [0, 0.05) is 18.4 Å². The number of benzene rings is 2. The Balaban J connectivity index is 2.13. The van der Waals surface area contributed by atoms with Crippen molar-refractivity contribution in [1.29, 1.82) is 0 Å². The van der Waals surface area contributed by atoms with E-state index in [-0.39, 0.29) is 5.78 Å². The van der Waals surface area contributed by atoms with Crippen LogP contribution in [0.15, 0.2) is 54.6 Å². The van der Waals surface area contributed by atoms with Crippen LogP contribution < -0.4 is 5.73 Å². The quantitative estimate of drug-likeness (QED) is 0.587. The topological polar surface area (TPSA) is 69.4 Å². The Kier molecular flexibility index (Phi) is 6.48. The first-order valence-corrected chi connectivity index (χ1v) is 8.52. The molecule has 0 aliphatic carbocycles. The third kappa shape index (κ3) is 5.54. The number of rotatable bonds is 8. The number of esters is 1. The van der Waals surface area contributed by atoms with Gasteiger partial charge >= 0.3 is 5.97 Å². The van der Waals surface area contributed by atoms with Crippen LogP contribution in [0, 0.1) is 0 Å². The molecule has 2 N–H and O–H groups in total. The van der Waals surface area contributed by atoms with Gasteiger partial charge in [0.05, 0.1) is 5.56 Å². The molecule has 25 heavy (non-hydrogen) atoms. The van der Waals surface area contributed by atoms with E-state index in [0.29, 0.717) is 36.9 Å². The summed E-state index contributed by atoms with van der Waals surface area (Å²) < 4.78 is 5.71. The number of Topliss-reactive ketones (excluding diaryl/α,β-unsaturated/α-hetero) is 1. The SMILES string of the molecule is CC(C)(Cc1ccccc1)OC(=O)c1ccccc1C(=O)CCCN. The highest BCUT2D eigenvalue weighted by Gasteiger charge is 2.26. The van der Waals surface area contributed by atoms with Gasteiger partial charge in [-0.2, -0.15) is 0 Å². The second kappa shape index (κ2) is 8.58. The van der Waals surface area contributed by atoms with E-state index in [4.69, 9.17) is 10.5 Å². The third-order valence-corrected chi connectivity index (χ3v) is 3.90. The zero-order valence-electron chi connectivity index (χ0n) is 14.8. The fourth-order valence-electron chi connectivity index (χ4n) is 2.73. The molecule has 0 spiro atoms. The average Bonchev–Trinajstić information content (AvgIpc) is 2.59. The average molecular weight is 339 g/mol. The van der Waals surface area contributed by atoms with Gasteiger partial charge in [-0.05, 0) is 38.4 Å². The summed E-state index contributed by atoms with van der Waals surface area (Å²) >= 11 is 0. The van der Waals surface area contributed by atoms with Crippen molar-refractivity contribution < 1.29 is 14.3 Å². The molecule has 2 aromatic carbocycles. The fourth-order valence-corrected chi connectivity index (χ4v) is 2.73. The van der Waals surface area contributed by atoms with Crippen LogP contribution in [0.4, 0.5) is 0 Å². The van der Waals surface area contributed by atoms with Gasteiger partial charge in [-0.25, -0.2) is 4.79 Å². The first-order valence-electron chi connectivity index (χ1n) is 8.52. The molecule has 2 rings (SSSR count). The summed E-state index contributed by atoms with van der Waals surface area (Å²) in [7, 11) is 0. The van der Waals surface area contributed by atoms with Crippen LogP contribution in [-0.4, -0.2) is 23.9 Å². The van der Waals surface area contributed by atoms with Crippen molar-refractivity contribution in [2.75, 3.05) is 6.54 Å². The van der Waals surface area contributed by atoms with Crippen LogP contribution in [0.25, 0.3) is 0 Å². The minimum atomic E-state index is -0.675. The summed E-state index contributed by atoms with van der Waals surface area (Å²) in [5, 5.41) is 0. The second-order valence-electron chi connectivity index (χ2n) is 6.67. The molecule has 0 saturated carbocycles. The third-order valence-electron chi connectivity index (χ3n) is 3.90. The molecule has 0 bridgehead atoms. The zero-order chi connectivity index (χ0) is 18.3. The van der Waals surface area contributed by atoms with Crippen LogP contribution >= 0.6 is 0 Å². The molecule has 2 aromatic rings. The smallest absolute Gasteiger partial charge is 0.339 e. The van der Waals surface area contributed by atoms with E-state index in [9.17, 15) is 9.59 Å². The predicted molar refractivity (Wildman–Crippen MR) is 98.7 cm³/mol. The van der Waals surface area contributed by atoms with Crippen molar-refractivity contribution in [3.63, 3.8) is 0 Å². The molecule has 0 saturated heterocycles. The summed E-state index contributed by atoms with van der Waals surface area (Å²) in [6, 6.07) is 16.7. The summed E-state index contributed by atoms with van der Waals surface area (Å²) in [5.74, 6) is -0.559. The molecular formula is C21H25NO3. The van der Waals surface area contributed by atoms with Gasteiger partial charge in [-0.15, -0.1) is 0 Å². The Bertz CT molecular complexity index is 723. The first kappa shape index (κ1) is 18.9. The van der Waals surface area contributed by atoms with Gasteiger partial charge in [-0.3, -0.25) is 4.79 Å². The van der Waals surface area contributed by atoms with E-state index < -0.39 is 11.6 Å². The van der Waals surface area contributed by atoms with Gasteiger partial charge in [0.1, 0.15) is 5.60 Å². The van der Waals surface area contributed by atoms with Crippen molar-refractivity contribution in [3.05, 3.63) is 71.3 Å². The lowest BCUT2D eigenvalue weighted by molar-refractivity contribution is -0.000817. The molecule has 132 valence electrons. The number of ether oxygens (including phenoxy) is 1. The Labute approximate surface area is 149 Å². The van der Waals surface area contributed by atoms with E-state index in [1.165, 1.54) is 0 Å². The van der Waals surface area contributed by atoms with Crippen molar-refractivity contribution in [2.45, 2.75) is 38.7 Å². The molecule has 0 radical (unpaired) electrons. The second-order valence-corrected chi connectivity index (χ2v) is 6.67. The van der Waals surface area contributed by atoms with Crippen molar-refractivity contribution in [2.24, 2.45) is 5.73 Å². The van der Waals surface area contributed by atoms with Crippen molar-refractivity contribution in [3.8, 4) is 0 Å².